The molecule has 2 N–H and O–H groups in total. The van der Waals surface area contributed by atoms with E-state index in [0.717, 1.165) is 38.8 Å². The first-order chi connectivity index (χ1) is 11.5. The molecule has 24 heavy (non-hydrogen) atoms. The fraction of sp³-hybridized carbons (Fsp3) is 0.700. The number of carbonyl (C=O) groups excluding carboxylic acids is 2. The zero-order valence-corrected chi connectivity index (χ0v) is 15.9. The number of Topliss-reactive ketones (excluding diaryl/α,β-unsaturated/α-hetero) is 2. The van der Waals surface area contributed by atoms with Crippen molar-refractivity contribution in [3.05, 3.63) is 22.5 Å². The van der Waals surface area contributed by atoms with Gasteiger partial charge in [-0.05, 0) is 26.7 Å². The molecule has 0 radical (unpaired) electrons. The van der Waals surface area contributed by atoms with Gasteiger partial charge in [-0.3, -0.25) is 9.59 Å². The summed E-state index contributed by atoms with van der Waals surface area (Å²) in [5, 5.41) is 6.39. The smallest absolute Gasteiger partial charge is 0.207 e. The number of allylic oxidation sites excluding steroid dienone is 2. The predicted octanol–water partition coefficient (Wildman–Crippen LogP) is 4.03. The Morgan fingerprint density at radius 2 is 1.00 bits per heavy atom. The highest BCUT2D eigenvalue weighted by Crippen LogP contribution is 2.21. The maximum Gasteiger partial charge on any atom is 0.207 e. The van der Waals surface area contributed by atoms with Crippen molar-refractivity contribution in [3.8, 4) is 0 Å². The number of hydrogen-bond acceptors (Lipinski definition) is 4. The summed E-state index contributed by atoms with van der Waals surface area (Å²) < 4.78 is 0. The summed E-state index contributed by atoms with van der Waals surface area (Å²) in [6.07, 6.45) is 9.14. The molecule has 0 heterocycles. The molecule has 0 bridgehead atoms. The Hall–Kier alpha value is -1.58. The van der Waals surface area contributed by atoms with Crippen LogP contribution in [0.15, 0.2) is 22.5 Å². The van der Waals surface area contributed by atoms with E-state index in [1.165, 1.54) is 25.7 Å². The Balaban J connectivity index is 2.60. The predicted molar refractivity (Wildman–Crippen MR) is 99.7 cm³/mol. The molecule has 0 fully saturated rings. The molecule has 0 amide bonds. The molecule has 0 saturated carbocycles. The number of rotatable bonds is 12. The highest BCUT2D eigenvalue weighted by molar-refractivity contribution is 6.24. The summed E-state index contributed by atoms with van der Waals surface area (Å²) in [4.78, 5) is 25.2. The number of ketones is 2. The summed E-state index contributed by atoms with van der Waals surface area (Å²) in [6, 6.07) is 0. The van der Waals surface area contributed by atoms with E-state index in [9.17, 15) is 9.59 Å². The van der Waals surface area contributed by atoms with Crippen molar-refractivity contribution < 1.29 is 9.59 Å². The molecule has 4 heteroatoms. The fourth-order valence-corrected chi connectivity index (χ4v) is 2.90. The minimum absolute atomic E-state index is 0.0429. The van der Waals surface area contributed by atoms with Gasteiger partial charge in [0.2, 0.25) is 11.6 Å². The molecular formula is C20H34N2O2. The zero-order valence-electron chi connectivity index (χ0n) is 15.9. The normalized spacial score (nSPS) is 15.3. The summed E-state index contributed by atoms with van der Waals surface area (Å²) in [5.41, 5.74) is 2.06. The molecule has 1 aliphatic rings. The second-order valence-corrected chi connectivity index (χ2v) is 6.63. The monoisotopic (exact) mass is 334 g/mol. The second-order valence-electron chi connectivity index (χ2n) is 6.63. The summed E-state index contributed by atoms with van der Waals surface area (Å²) in [7, 11) is 0. The van der Waals surface area contributed by atoms with E-state index in [-0.39, 0.29) is 11.6 Å². The quantitative estimate of drug-likeness (QED) is 0.418. The highest BCUT2D eigenvalue weighted by Gasteiger charge is 2.29. The van der Waals surface area contributed by atoms with Crippen LogP contribution in [0.3, 0.4) is 0 Å². The van der Waals surface area contributed by atoms with Gasteiger partial charge in [-0.25, -0.2) is 0 Å². The van der Waals surface area contributed by atoms with Crippen LogP contribution in [-0.2, 0) is 9.59 Å². The van der Waals surface area contributed by atoms with E-state index in [4.69, 9.17) is 0 Å². The van der Waals surface area contributed by atoms with E-state index in [1.807, 2.05) is 0 Å². The Bertz CT molecular complexity index is 458. The van der Waals surface area contributed by atoms with E-state index in [2.05, 4.69) is 24.5 Å². The Labute approximate surface area is 147 Å². The molecule has 4 nitrogen and oxygen atoms in total. The van der Waals surface area contributed by atoms with Crippen LogP contribution in [0.25, 0.3) is 0 Å². The van der Waals surface area contributed by atoms with Crippen molar-refractivity contribution in [2.75, 3.05) is 13.1 Å². The van der Waals surface area contributed by atoms with Gasteiger partial charge in [-0.1, -0.05) is 52.4 Å². The Morgan fingerprint density at radius 3 is 1.33 bits per heavy atom. The molecule has 0 aromatic rings. The largest absolute Gasteiger partial charge is 0.382 e. The van der Waals surface area contributed by atoms with Gasteiger partial charge in [0.05, 0.1) is 11.4 Å². The number of nitrogens with one attached hydrogen (secondary N) is 2. The highest BCUT2D eigenvalue weighted by atomic mass is 16.1. The summed E-state index contributed by atoms with van der Waals surface area (Å²) in [6.45, 7) is 9.35. The van der Waals surface area contributed by atoms with E-state index >= 15 is 0 Å². The van der Waals surface area contributed by atoms with Gasteiger partial charge >= 0.3 is 0 Å². The number of carbonyl (C=O) groups is 2. The first kappa shape index (κ1) is 20.5. The molecule has 136 valence electrons. The van der Waals surface area contributed by atoms with E-state index < -0.39 is 0 Å². The average molecular weight is 335 g/mol. The lowest BCUT2D eigenvalue weighted by atomic mass is 9.92. The van der Waals surface area contributed by atoms with Gasteiger partial charge in [-0.2, -0.15) is 0 Å². The van der Waals surface area contributed by atoms with Gasteiger partial charge in [0, 0.05) is 24.2 Å². The maximum absolute atomic E-state index is 12.6. The minimum atomic E-state index is -0.0429. The standard InChI is InChI=1S/C20H34N2O2/c1-5-7-9-11-13-21-17-15(3)20(24)18(16(4)19(17)23)22-14-12-10-8-6-2/h21-22H,5-14H2,1-4H3. The molecule has 1 aliphatic carbocycles. The van der Waals surface area contributed by atoms with Crippen LogP contribution in [-0.4, -0.2) is 24.7 Å². The lowest BCUT2D eigenvalue weighted by Gasteiger charge is -2.22. The van der Waals surface area contributed by atoms with Crippen molar-refractivity contribution >= 4 is 11.6 Å². The molecule has 0 saturated heterocycles. The van der Waals surface area contributed by atoms with Crippen LogP contribution in [0.5, 0.6) is 0 Å². The van der Waals surface area contributed by atoms with Crippen molar-refractivity contribution in [1.82, 2.24) is 10.6 Å². The SMILES string of the molecule is CCCCCCNC1=C(C)C(=O)C(NCCCCCC)=C(C)C1=O. The molecule has 0 spiro atoms. The molecule has 0 atom stereocenters. The van der Waals surface area contributed by atoms with Gasteiger partial charge in [-0.15, -0.1) is 0 Å². The maximum atomic E-state index is 12.6. The first-order valence-electron chi connectivity index (χ1n) is 9.53. The van der Waals surface area contributed by atoms with E-state index in [0.29, 0.717) is 22.5 Å². The summed E-state index contributed by atoms with van der Waals surface area (Å²) >= 11 is 0. The minimum Gasteiger partial charge on any atom is -0.382 e. The third-order valence-electron chi connectivity index (χ3n) is 4.55. The molecule has 0 aromatic carbocycles. The zero-order chi connectivity index (χ0) is 17.9. The van der Waals surface area contributed by atoms with Crippen molar-refractivity contribution in [1.29, 1.82) is 0 Å². The lowest BCUT2D eigenvalue weighted by Crippen LogP contribution is -2.35. The molecule has 0 aliphatic heterocycles. The van der Waals surface area contributed by atoms with Crippen LogP contribution >= 0.6 is 0 Å². The summed E-state index contributed by atoms with van der Waals surface area (Å²) in [5.74, 6) is -0.0858. The van der Waals surface area contributed by atoms with Crippen LogP contribution < -0.4 is 10.6 Å². The Morgan fingerprint density at radius 1 is 0.625 bits per heavy atom. The van der Waals surface area contributed by atoms with Crippen molar-refractivity contribution in [3.63, 3.8) is 0 Å². The molecule has 1 rings (SSSR count). The second kappa shape index (κ2) is 11.1. The number of hydrogen-bond donors (Lipinski definition) is 2. The molecular weight excluding hydrogens is 300 g/mol. The van der Waals surface area contributed by atoms with Gasteiger partial charge in [0.1, 0.15) is 0 Å². The molecule has 0 aromatic heterocycles. The van der Waals surface area contributed by atoms with Crippen LogP contribution in [0, 0.1) is 0 Å². The molecule has 0 unspecified atom stereocenters. The van der Waals surface area contributed by atoms with Crippen molar-refractivity contribution in [2.45, 2.75) is 79.1 Å². The van der Waals surface area contributed by atoms with Gasteiger partial charge in [0.15, 0.2) is 0 Å². The van der Waals surface area contributed by atoms with Crippen LogP contribution in [0.4, 0.5) is 0 Å². The lowest BCUT2D eigenvalue weighted by molar-refractivity contribution is -0.117. The number of unbranched alkanes of at least 4 members (excludes halogenated alkanes) is 6. The fourth-order valence-electron chi connectivity index (χ4n) is 2.90. The van der Waals surface area contributed by atoms with Crippen molar-refractivity contribution in [2.24, 2.45) is 0 Å². The third kappa shape index (κ3) is 5.81. The first-order valence-corrected chi connectivity index (χ1v) is 9.53. The van der Waals surface area contributed by atoms with Crippen LogP contribution in [0.1, 0.15) is 79.1 Å². The van der Waals surface area contributed by atoms with Gasteiger partial charge < -0.3 is 10.6 Å². The van der Waals surface area contributed by atoms with Gasteiger partial charge in [0.25, 0.3) is 0 Å². The third-order valence-corrected chi connectivity index (χ3v) is 4.55. The average Bonchev–Trinajstić information content (AvgIpc) is 2.58. The Kier molecular flexibility index (Phi) is 9.43. The van der Waals surface area contributed by atoms with E-state index in [1.54, 1.807) is 13.8 Å². The van der Waals surface area contributed by atoms with Crippen LogP contribution in [0.2, 0.25) is 0 Å². The topological polar surface area (TPSA) is 58.2 Å².